The molecular formula is C39H47N3O8. The van der Waals surface area contributed by atoms with Crippen molar-refractivity contribution >= 4 is 34.7 Å². The molecule has 2 aliphatic rings. The molecule has 1 saturated heterocycles. The van der Waals surface area contributed by atoms with Gasteiger partial charge in [-0.05, 0) is 50.7 Å². The van der Waals surface area contributed by atoms with E-state index in [1.165, 1.54) is 4.90 Å². The number of aromatic nitrogens is 1. The monoisotopic (exact) mass is 685 g/mol. The first-order chi connectivity index (χ1) is 23.5. The molecule has 0 bridgehead atoms. The Morgan fingerprint density at radius 2 is 1.78 bits per heavy atom. The van der Waals surface area contributed by atoms with Crippen molar-refractivity contribution in [3.63, 3.8) is 0 Å². The minimum atomic E-state index is -1.25. The predicted octanol–water partition coefficient (Wildman–Crippen LogP) is 6.43. The number of amides is 2. The summed E-state index contributed by atoms with van der Waals surface area (Å²) < 4.78 is 17.6. The summed E-state index contributed by atoms with van der Waals surface area (Å²) in [5.41, 5.74) is -0.635. The second-order valence-electron chi connectivity index (χ2n) is 15.3. The number of hydrogen-bond donors (Lipinski definition) is 2. The highest BCUT2D eigenvalue weighted by atomic mass is 16.6. The quantitative estimate of drug-likeness (QED) is 0.218. The Kier molecular flexibility index (Phi) is 10.0. The summed E-state index contributed by atoms with van der Waals surface area (Å²) >= 11 is 0. The number of fused-ring (bicyclic) bond motifs is 1. The number of allylic oxidation sites excluding steroid dienone is 1. The smallest absolute Gasteiger partial charge is 0.408 e. The summed E-state index contributed by atoms with van der Waals surface area (Å²) in [4.78, 5) is 60.1. The third-order valence-corrected chi connectivity index (χ3v) is 9.37. The molecule has 1 aliphatic carbocycles. The van der Waals surface area contributed by atoms with E-state index in [9.17, 15) is 24.3 Å². The number of alkyl carbamates (subject to hydrolysis) is 1. The predicted molar refractivity (Wildman–Crippen MR) is 189 cm³/mol. The number of aliphatic carboxylic acids is 1. The average Bonchev–Trinajstić information content (AvgIpc) is 3.61. The van der Waals surface area contributed by atoms with Gasteiger partial charge in [-0.2, -0.15) is 0 Å². The maximum atomic E-state index is 14.5. The number of methoxy groups -OCH3 is 1. The number of ether oxygens (including phenoxy) is 3. The van der Waals surface area contributed by atoms with E-state index in [1.54, 1.807) is 34.0 Å². The van der Waals surface area contributed by atoms with E-state index in [-0.39, 0.29) is 31.1 Å². The zero-order valence-electron chi connectivity index (χ0n) is 29.8. The van der Waals surface area contributed by atoms with Crippen molar-refractivity contribution in [2.24, 2.45) is 16.7 Å². The second-order valence-corrected chi connectivity index (χ2v) is 15.3. The Bertz CT molecular complexity index is 1790. The van der Waals surface area contributed by atoms with Crippen LogP contribution in [-0.4, -0.2) is 76.2 Å². The van der Waals surface area contributed by atoms with Crippen LogP contribution in [0, 0.1) is 16.7 Å². The van der Waals surface area contributed by atoms with Crippen molar-refractivity contribution < 1.29 is 38.5 Å². The minimum Gasteiger partial charge on any atom is -0.497 e. The number of nitrogens with one attached hydrogen (secondary N) is 1. The van der Waals surface area contributed by atoms with E-state index >= 15 is 0 Å². The lowest BCUT2D eigenvalue weighted by Crippen LogP contribution is -2.57. The molecule has 0 radical (unpaired) electrons. The number of likely N-dealkylation sites (tertiary alicyclic amines) is 1. The minimum absolute atomic E-state index is 0.0312. The topological polar surface area (TPSA) is 144 Å². The number of carboxylic acid groups (broad SMARTS) is 1. The Hall–Kier alpha value is -4.93. The van der Waals surface area contributed by atoms with E-state index in [4.69, 9.17) is 19.2 Å². The van der Waals surface area contributed by atoms with Crippen LogP contribution in [0.3, 0.4) is 0 Å². The van der Waals surface area contributed by atoms with Gasteiger partial charge in [0.15, 0.2) is 5.78 Å². The van der Waals surface area contributed by atoms with Crippen LogP contribution < -0.4 is 14.8 Å². The van der Waals surface area contributed by atoms with Gasteiger partial charge in [-0.25, -0.2) is 9.78 Å². The summed E-state index contributed by atoms with van der Waals surface area (Å²) in [6, 6.07) is 14.9. The van der Waals surface area contributed by atoms with Gasteiger partial charge in [-0.15, -0.1) is 6.58 Å². The number of carbonyl (C=O) groups excluding carboxylic acids is 3. The van der Waals surface area contributed by atoms with Crippen LogP contribution in [0.5, 0.6) is 11.5 Å². The molecular weight excluding hydrogens is 638 g/mol. The highest BCUT2D eigenvalue weighted by Gasteiger charge is 2.61. The Morgan fingerprint density at radius 3 is 2.36 bits per heavy atom. The van der Waals surface area contributed by atoms with Gasteiger partial charge in [0.25, 0.3) is 0 Å². The molecule has 1 aromatic heterocycles. The summed E-state index contributed by atoms with van der Waals surface area (Å²) in [7, 11) is 1.58. The highest BCUT2D eigenvalue weighted by Crippen LogP contribution is 2.56. The molecule has 2 amide bonds. The van der Waals surface area contributed by atoms with Crippen molar-refractivity contribution in [2.45, 2.75) is 84.6 Å². The van der Waals surface area contributed by atoms with E-state index in [0.29, 0.717) is 34.5 Å². The SMILES string of the molecule is C=C[C@@H]1C[C@]1(CC(=O)[C@@H]1C[C@@H](Oc2cc(-c3ccccc3)nc3cc(OC)ccc23)CN1C(=O)[C@@H](NC(=O)OC(C)(C)C)C(C)(C)C)C(=O)O. The molecule has 5 atom stereocenters. The number of carbonyl (C=O) groups is 4. The third kappa shape index (κ3) is 7.77. The molecule has 2 heterocycles. The molecule has 1 aliphatic heterocycles. The maximum absolute atomic E-state index is 14.5. The summed E-state index contributed by atoms with van der Waals surface area (Å²) in [5.74, 6) is -1.13. The third-order valence-electron chi connectivity index (χ3n) is 9.37. The maximum Gasteiger partial charge on any atom is 0.408 e. The van der Waals surface area contributed by atoms with Crippen LogP contribution in [0.4, 0.5) is 4.79 Å². The molecule has 11 heteroatoms. The number of nitrogens with zero attached hydrogens (tertiary/aromatic N) is 2. The van der Waals surface area contributed by atoms with Crippen molar-refractivity contribution in [2.75, 3.05) is 13.7 Å². The first-order valence-corrected chi connectivity index (χ1v) is 16.9. The van der Waals surface area contributed by atoms with Crippen molar-refractivity contribution in [3.05, 3.63) is 67.3 Å². The number of carboxylic acids is 1. The number of rotatable bonds is 11. The average molecular weight is 686 g/mol. The zero-order chi connectivity index (χ0) is 36.6. The molecule has 2 aromatic carbocycles. The molecule has 50 heavy (non-hydrogen) atoms. The Labute approximate surface area is 293 Å². The highest BCUT2D eigenvalue weighted by molar-refractivity contribution is 5.96. The van der Waals surface area contributed by atoms with Crippen LogP contribution >= 0.6 is 0 Å². The van der Waals surface area contributed by atoms with Gasteiger partial charge in [-0.1, -0.05) is 57.2 Å². The van der Waals surface area contributed by atoms with Gasteiger partial charge >= 0.3 is 12.1 Å². The Morgan fingerprint density at radius 1 is 1.08 bits per heavy atom. The molecule has 2 N–H and O–H groups in total. The van der Waals surface area contributed by atoms with Gasteiger partial charge < -0.3 is 29.5 Å². The normalized spacial score (nSPS) is 22.4. The molecule has 2 fully saturated rings. The van der Waals surface area contributed by atoms with E-state index in [1.807, 2.05) is 75.4 Å². The van der Waals surface area contributed by atoms with Crippen molar-refractivity contribution in [1.29, 1.82) is 0 Å². The van der Waals surface area contributed by atoms with Gasteiger partial charge in [0.2, 0.25) is 5.91 Å². The van der Waals surface area contributed by atoms with E-state index in [0.717, 1.165) is 5.56 Å². The number of ketones is 1. The first kappa shape index (κ1) is 36.4. The number of hydrogen-bond acceptors (Lipinski definition) is 8. The second kappa shape index (κ2) is 13.8. The number of benzene rings is 2. The van der Waals surface area contributed by atoms with Gasteiger partial charge in [0.1, 0.15) is 29.2 Å². The summed E-state index contributed by atoms with van der Waals surface area (Å²) in [6.07, 6.45) is 0.349. The van der Waals surface area contributed by atoms with E-state index < -0.39 is 52.6 Å². The van der Waals surface area contributed by atoms with Crippen molar-refractivity contribution in [1.82, 2.24) is 15.2 Å². The lowest BCUT2D eigenvalue weighted by molar-refractivity contribution is -0.147. The zero-order valence-corrected chi connectivity index (χ0v) is 29.8. The fourth-order valence-electron chi connectivity index (χ4n) is 6.60. The molecule has 5 rings (SSSR count). The summed E-state index contributed by atoms with van der Waals surface area (Å²) in [6.45, 7) is 14.4. The fraction of sp³-hybridized carbons (Fsp3) is 0.462. The lowest BCUT2D eigenvalue weighted by Gasteiger charge is -2.35. The lowest BCUT2D eigenvalue weighted by atomic mass is 9.85. The van der Waals surface area contributed by atoms with Crippen LogP contribution in [0.25, 0.3) is 22.2 Å². The molecule has 0 spiro atoms. The van der Waals surface area contributed by atoms with Crippen LogP contribution in [0.15, 0.2) is 67.3 Å². The van der Waals surface area contributed by atoms with Crippen molar-refractivity contribution in [3.8, 4) is 22.8 Å². The molecule has 11 nitrogen and oxygen atoms in total. The standard InChI is InChI=1S/C39H47N3O8/c1-9-24-20-39(24,35(45)46)21-31(43)30-18-26(22-42(30)34(44)33(37(2,3)4)41-36(47)50-38(5,6)7)49-32-19-28(23-13-11-10-12-14-23)40-29-17-25(48-8)15-16-27(29)32/h9-17,19,24,26,30,33H,1,18,20-22H2,2-8H3,(H,41,47)(H,45,46)/t24-,26-,30+,33-,39-/m1/s1. The number of Topliss-reactive ketones (excluding diaryl/α,β-unsaturated/α-hetero) is 1. The van der Waals surface area contributed by atoms with Gasteiger partial charge in [0.05, 0.1) is 36.3 Å². The first-order valence-electron chi connectivity index (χ1n) is 16.9. The largest absolute Gasteiger partial charge is 0.497 e. The molecule has 3 aromatic rings. The van der Waals surface area contributed by atoms with Crippen LogP contribution in [0.2, 0.25) is 0 Å². The Balaban J connectivity index is 1.51. The van der Waals surface area contributed by atoms with Gasteiger partial charge in [0, 0.05) is 35.9 Å². The summed E-state index contributed by atoms with van der Waals surface area (Å²) in [5, 5.41) is 13.5. The fourth-order valence-corrected chi connectivity index (χ4v) is 6.60. The molecule has 1 saturated carbocycles. The van der Waals surface area contributed by atoms with Crippen LogP contribution in [-0.2, 0) is 19.1 Å². The van der Waals surface area contributed by atoms with Crippen LogP contribution in [0.1, 0.15) is 60.8 Å². The number of pyridine rings is 1. The molecule has 266 valence electrons. The van der Waals surface area contributed by atoms with E-state index in [2.05, 4.69) is 11.9 Å². The van der Waals surface area contributed by atoms with Gasteiger partial charge in [-0.3, -0.25) is 14.4 Å². The molecule has 0 unspecified atom stereocenters.